The van der Waals surface area contributed by atoms with Crippen LogP contribution in [0.3, 0.4) is 0 Å². The zero-order valence-electron chi connectivity index (χ0n) is 10.1. The Morgan fingerprint density at radius 3 is 2.28 bits per heavy atom. The van der Waals surface area contributed by atoms with E-state index < -0.39 is 29.2 Å². The van der Waals surface area contributed by atoms with Gasteiger partial charge >= 0.3 is 12.1 Å². The molecule has 0 aliphatic carbocycles. The second kappa shape index (κ2) is 6.86. The first-order chi connectivity index (χ1) is 8.04. The van der Waals surface area contributed by atoms with Gasteiger partial charge in [-0.15, -0.1) is 11.8 Å². The standard InChI is InChI=1S/C10H16F3NO3S/c1-9(2,8(16)17)3-4-14-7(15)5-18-6-10(11,12)13/h3-6H2,1-2H3,(H,14,15)(H,16,17). The van der Waals surface area contributed by atoms with Crippen molar-refractivity contribution in [2.24, 2.45) is 5.41 Å². The van der Waals surface area contributed by atoms with Gasteiger partial charge in [0.2, 0.25) is 5.91 Å². The Bertz CT molecular complexity index is 305. The van der Waals surface area contributed by atoms with E-state index in [0.29, 0.717) is 11.8 Å². The molecular formula is C10H16F3NO3S. The Balaban J connectivity index is 3.76. The topological polar surface area (TPSA) is 66.4 Å². The molecule has 0 aromatic carbocycles. The van der Waals surface area contributed by atoms with Crippen molar-refractivity contribution in [1.82, 2.24) is 5.32 Å². The Kier molecular flexibility index (Phi) is 6.51. The first-order valence-electron chi connectivity index (χ1n) is 5.19. The number of thioether (sulfide) groups is 1. The van der Waals surface area contributed by atoms with Gasteiger partial charge in [0.25, 0.3) is 0 Å². The van der Waals surface area contributed by atoms with Crippen molar-refractivity contribution < 1.29 is 27.9 Å². The molecule has 8 heteroatoms. The maximum absolute atomic E-state index is 11.8. The molecule has 0 aromatic rings. The summed E-state index contributed by atoms with van der Waals surface area (Å²) >= 11 is 0.479. The smallest absolute Gasteiger partial charge is 0.397 e. The Labute approximate surface area is 107 Å². The molecule has 2 N–H and O–H groups in total. The van der Waals surface area contributed by atoms with Crippen LogP contribution in [0, 0.1) is 5.41 Å². The number of halogens is 3. The van der Waals surface area contributed by atoms with Gasteiger partial charge in [-0.2, -0.15) is 13.2 Å². The number of amides is 1. The van der Waals surface area contributed by atoms with Crippen molar-refractivity contribution in [2.75, 3.05) is 18.1 Å². The molecule has 4 nitrogen and oxygen atoms in total. The van der Waals surface area contributed by atoms with Gasteiger partial charge in [0.05, 0.1) is 16.9 Å². The van der Waals surface area contributed by atoms with Gasteiger partial charge in [-0.3, -0.25) is 9.59 Å². The maximum Gasteiger partial charge on any atom is 0.397 e. The van der Waals surface area contributed by atoms with E-state index in [0.717, 1.165) is 0 Å². The number of carboxylic acids is 1. The summed E-state index contributed by atoms with van der Waals surface area (Å²) in [6.45, 7) is 3.16. The Morgan fingerprint density at radius 2 is 1.83 bits per heavy atom. The highest BCUT2D eigenvalue weighted by Crippen LogP contribution is 2.21. The minimum Gasteiger partial charge on any atom is -0.481 e. The van der Waals surface area contributed by atoms with Crippen LogP contribution in [0.25, 0.3) is 0 Å². The number of alkyl halides is 3. The number of carbonyl (C=O) groups excluding carboxylic acids is 1. The van der Waals surface area contributed by atoms with Crippen LogP contribution in [0.1, 0.15) is 20.3 Å². The number of nitrogens with one attached hydrogen (secondary N) is 1. The summed E-state index contributed by atoms with van der Waals surface area (Å²) < 4.78 is 35.4. The van der Waals surface area contributed by atoms with Crippen LogP contribution in [0.15, 0.2) is 0 Å². The molecule has 0 fully saturated rings. The lowest BCUT2D eigenvalue weighted by molar-refractivity contribution is -0.147. The van der Waals surface area contributed by atoms with Gasteiger partial charge in [-0.05, 0) is 20.3 Å². The molecule has 0 unspecified atom stereocenters. The highest BCUT2D eigenvalue weighted by molar-refractivity contribution is 8.00. The third-order valence-electron chi connectivity index (χ3n) is 2.15. The third-order valence-corrected chi connectivity index (χ3v) is 3.15. The number of hydrogen-bond acceptors (Lipinski definition) is 3. The second-order valence-corrected chi connectivity index (χ2v) is 5.38. The van der Waals surface area contributed by atoms with E-state index in [1.54, 1.807) is 0 Å². The lowest BCUT2D eigenvalue weighted by Gasteiger charge is -2.18. The fourth-order valence-electron chi connectivity index (χ4n) is 0.932. The van der Waals surface area contributed by atoms with Gasteiger partial charge in [0.1, 0.15) is 0 Å². The fourth-order valence-corrected chi connectivity index (χ4v) is 1.55. The number of carbonyl (C=O) groups is 2. The van der Waals surface area contributed by atoms with Crippen molar-refractivity contribution in [3.8, 4) is 0 Å². The molecule has 0 radical (unpaired) electrons. The van der Waals surface area contributed by atoms with Gasteiger partial charge in [0, 0.05) is 6.54 Å². The van der Waals surface area contributed by atoms with E-state index in [2.05, 4.69) is 5.32 Å². The molecule has 0 aromatic heterocycles. The SMILES string of the molecule is CC(C)(CCNC(=O)CSCC(F)(F)F)C(=O)O. The second-order valence-electron chi connectivity index (χ2n) is 4.40. The first kappa shape index (κ1) is 17.1. The lowest BCUT2D eigenvalue weighted by atomic mass is 9.90. The summed E-state index contributed by atoms with van der Waals surface area (Å²) in [5.74, 6) is -2.86. The number of hydrogen-bond donors (Lipinski definition) is 2. The van der Waals surface area contributed by atoms with Crippen LogP contribution in [0.4, 0.5) is 13.2 Å². The summed E-state index contributed by atoms with van der Waals surface area (Å²) in [5.41, 5.74) is -0.966. The molecule has 0 aliphatic heterocycles. The van der Waals surface area contributed by atoms with Gasteiger partial charge in [0.15, 0.2) is 0 Å². The summed E-state index contributed by atoms with van der Waals surface area (Å²) in [6, 6.07) is 0. The van der Waals surface area contributed by atoms with Crippen molar-refractivity contribution in [3.05, 3.63) is 0 Å². The van der Waals surface area contributed by atoms with Crippen molar-refractivity contribution >= 4 is 23.6 Å². The quantitative estimate of drug-likeness (QED) is 0.750. The average molecular weight is 287 g/mol. The van der Waals surface area contributed by atoms with E-state index >= 15 is 0 Å². The Morgan fingerprint density at radius 1 is 1.28 bits per heavy atom. The molecule has 0 rings (SSSR count). The van der Waals surface area contributed by atoms with E-state index in [1.807, 2.05) is 0 Å². The summed E-state index contributed by atoms with van der Waals surface area (Å²) in [5, 5.41) is 11.2. The summed E-state index contributed by atoms with van der Waals surface area (Å²) in [6.07, 6.45) is -4.06. The molecule has 0 spiro atoms. The molecular weight excluding hydrogens is 271 g/mol. The molecule has 1 amide bonds. The van der Waals surface area contributed by atoms with E-state index in [-0.39, 0.29) is 18.7 Å². The van der Waals surface area contributed by atoms with Crippen molar-refractivity contribution in [3.63, 3.8) is 0 Å². The normalized spacial score (nSPS) is 12.3. The minimum absolute atomic E-state index is 0.130. The summed E-state index contributed by atoms with van der Waals surface area (Å²) in [7, 11) is 0. The molecule has 106 valence electrons. The van der Waals surface area contributed by atoms with Crippen LogP contribution < -0.4 is 5.32 Å². The van der Waals surface area contributed by atoms with Crippen LogP contribution in [-0.2, 0) is 9.59 Å². The first-order valence-corrected chi connectivity index (χ1v) is 6.35. The lowest BCUT2D eigenvalue weighted by Crippen LogP contribution is -2.33. The monoisotopic (exact) mass is 287 g/mol. The maximum atomic E-state index is 11.8. The van der Waals surface area contributed by atoms with Crippen LogP contribution in [0.2, 0.25) is 0 Å². The highest BCUT2D eigenvalue weighted by atomic mass is 32.2. The predicted molar refractivity (Wildman–Crippen MR) is 62.4 cm³/mol. The molecule has 0 saturated heterocycles. The minimum atomic E-state index is -4.28. The van der Waals surface area contributed by atoms with E-state index in [9.17, 15) is 22.8 Å². The molecule has 0 saturated carbocycles. The van der Waals surface area contributed by atoms with Gasteiger partial charge < -0.3 is 10.4 Å². The van der Waals surface area contributed by atoms with Crippen LogP contribution in [-0.4, -0.2) is 41.2 Å². The zero-order valence-corrected chi connectivity index (χ0v) is 11.0. The summed E-state index contributed by atoms with van der Waals surface area (Å²) in [4.78, 5) is 21.9. The zero-order chi connectivity index (χ0) is 14.4. The Hall–Kier alpha value is -0.920. The van der Waals surface area contributed by atoms with Crippen molar-refractivity contribution in [1.29, 1.82) is 0 Å². The van der Waals surface area contributed by atoms with Crippen LogP contribution >= 0.6 is 11.8 Å². The molecule has 0 atom stereocenters. The molecule has 0 bridgehead atoms. The third kappa shape index (κ3) is 8.21. The van der Waals surface area contributed by atoms with Crippen LogP contribution in [0.5, 0.6) is 0 Å². The van der Waals surface area contributed by atoms with Gasteiger partial charge in [-0.1, -0.05) is 0 Å². The van der Waals surface area contributed by atoms with E-state index in [1.165, 1.54) is 13.8 Å². The average Bonchev–Trinajstić information content (AvgIpc) is 2.14. The van der Waals surface area contributed by atoms with Crippen molar-refractivity contribution in [2.45, 2.75) is 26.4 Å². The number of aliphatic carboxylic acids is 1. The largest absolute Gasteiger partial charge is 0.481 e. The van der Waals surface area contributed by atoms with E-state index in [4.69, 9.17) is 5.11 Å². The number of rotatable bonds is 7. The molecule has 0 aliphatic rings. The predicted octanol–water partition coefficient (Wildman–Crippen LogP) is 1.90. The highest BCUT2D eigenvalue weighted by Gasteiger charge is 2.28. The van der Waals surface area contributed by atoms with Gasteiger partial charge in [-0.25, -0.2) is 0 Å². The molecule has 0 heterocycles. The molecule has 18 heavy (non-hydrogen) atoms. The number of carboxylic acid groups (broad SMARTS) is 1. The fraction of sp³-hybridized carbons (Fsp3) is 0.800.